The molecule has 0 spiro atoms. The summed E-state index contributed by atoms with van der Waals surface area (Å²) in [5.74, 6) is 0.675. The Morgan fingerprint density at radius 3 is 2.31 bits per heavy atom. The molecule has 1 aliphatic rings. The number of anilines is 1. The van der Waals surface area contributed by atoms with Gasteiger partial charge in [0.25, 0.3) is 0 Å². The highest BCUT2D eigenvalue weighted by molar-refractivity contribution is 7.92. The van der Waals surface area contributed by atoms with Gasteiger partial charge in [-0.25, -0.2) is 13.4 Å². The van der Waals surface area contributed by atoms with Crippen LogP contribution in [0.2, 0.25) is 5.02 Å². The fourth-order valence-electron chi connectivity index (χ4n) is 4.28. The van der Waals surface area contributed by atoms with E-state index in [-0.39, 0.29) is 29.7 Å². The van der Waals surface area contributed by atoms with Crippen molar-refractivity contribution in [1.82, 2.24) is 4.98 Å². The van der Waals surface area contributed by atoms with Crippen LogP contribution < -0.4 is 9.64 Å². The zero-order valence-corrected chi connectivity index (χ0v) is 22.9. The second kappa shape index (κ2) is 10.4. The maximum atomic E-state index is 14.0. The first-order valence-corrected chi connectivity index (χ1v) is 13.8. The highest BCUT2D eigenvalue weighted by Crippen LogP contribution is 2.45. The van der Waals surface area contributed by atoms with Crippen LogP contribution in [-0.4, -0.2) is 45.2 Å². The molecule has 1 fully saturated rings. The fourth-order valence-corrected chi connectivity index (χ4v) is 6.47. The van der Waals surface area contributed by atoms with Gasteiger partial charge in [0.2, 0.25) is 5.91 Å². The largest absolute Gasteiger partial charge is 0.487 e. The van der Waals surface area contributed by atoms with Crippen molar-refractivity contribution in [2.75, 3.05) is 24.7 Å². The zero-order valence-electron chi connectivity index (χ0n) is 21.3. The van der Waals surface area contributed by atoms with Crippen LogP contribution in [0.15, 0.2) is 41.4 Å². The molecule has 1 amide bonds. The van der Waals surface area contributed by atoms with Crippen molar-refractivity contribution in [3.05, 3.63) is 47.1 Å². The summed E-state index contributed by atoms with van der Waals surface area (Å²) >= 11 is 6.01. The van der Waals surface area contributed by atoms with E-state index in [0.29, 0.717) is 41.9 Å². The summed E-state index contributed by atoms with van der Waals surface area (Å²) in [6.07, 6.45) is 1.92. The van der Waals surface area contributed by atoms with Gasteiger partial charge in [0.15, 0.2) is 21.4 Å². The van der Waals surface area contributed by atoms with Gasteiger partial charge in [0, 0.05) is 36.4 Å². The third-order valence-corrected chi connectivity index (χ3v) is 8.94. The molecule has 35 heavy (non-hydrogen) atoms. The fraction of sp³-hybridized carbons (Fsp3) is 0.538. The Balaban J connectivity index is 2.20. The van der Waals surface area contributed by atoms with Crippen LogP contribution in [-0.2, 0) is 24.1 Å². The highest BCUT2D eigenvalue weighted by Gasteiger charge is 2.48. The Hall–Kier alpha value is -2.16. The van der Waals surface area contributed by atoms with Gasteiger partial charge in [0.1, 0.15) is 4.75 Å². The number of hydrogen-bond donors (Lipinski definition) is 0. The molecule has 0 aliphatic carbocycles. The van der Waals surface area contributed by atoms with Crippen molar-refractivity contribution in [1.29, 1.82) is 0 Å². The first kappa shape index (κ1) is 27.4. The number of rotatable bonds is 7. The van der Waals surface area contributed by atoms with E-state index in [2.05, 4.69) is 4.98 Å². The molecular weight excluding hydrogens is 488 g/mol. The van der Waals surface area contributed by atoms with Crippen LogP contribution in [0.3, 0.4) is 0 Å². The number of carbonyl (C=O) groups excluding carboxylic acids is 1. The topological polar surface area (TPSA) is 85.8 Å². The van der Waals surface area contributed by atoms with Crippen molar-refractivity contribution in [2.45, 2.75) is 70.1 Å². The minimum Gasteiger partial charge on any atom is -0.487 e. The first-order valence-electron chi connectivity index (χ1n) is 11.9. The lowest BCUT2D eigenvalue weighted by Crippen LogP contribution is -2.42. The Morgan fingerprint density at radius 1 is 1.20 bits per heavy atom. The number of carbonyl (C=O) groups is 1. The predicted octanol–water partition coefficient (Wildman–Crippen LogP) is 5.40. The van der Waals surface area contributed by atoms with Crippen LogP contribution in [0, 0.1) is 5.41 Å². The molecule has 0 radical (unpaired) electrons. The molecule has 2 aromatic rings. The SMILES string of the molecule is CCN(C(=O)C(C)(C)C)c1ncc(C2(S(=O)(=O)c3ccc(Cl)cc3)CCOCC2)cc1OC(C)C. The van der Waals surface area contributed by atoms with Gasteiger partial charge in [-0.15, -0.1) is 0 Å². The van der Waals surface area contributed by atoms with Gasteiger partial charge in [-0.3, -0.25) is 9.69 Å². The van der Waals surface area contributed by atoms with E-state index in [1.54, 1.807) is 29.3 Å². The molecule has 1 aliphatic heterocycles. The molecule has 7 nitrogen and oxygen atoms in total. The first-order chi connectivity index (χ1) is 16.3. The summed E-state index contributed by atoms with van der Waals surface area (Å²) in [6, 6.07) is 7.95. The summed E-state index contributed by atoms with van der Waals surface area (Å²) < 4.78 is 38.5. The van der Waals surface area contributed by atoms with Gasteiger partial charge < -0.3 is 9.47 Å². The Bertz CT molecular complexity index is 1150. The second-order valence-electron chi connectivity index (χ2n) is 10.1. The van der Waals surface area contributed by atoms with Gasteiger partial charge in [0.05, 0.1) is 11.0 Å². The minimum atomic E-state index is -3.83. The average molecular weight is 523 g/mol. The zero-order chi connectivity index (χ0) is 26.0. The summed E-state index contributed by atoms with van der Waals surface area (Å²) in [7, 11) is -3.83. The molecule has 1 saturated heterocycles. The summed E-state index contributed by atoms with van der Waals surface area (Å²) in [5, 5.41) is 0.465. The van der Waals surface area contributed by atoms with Gasteiger partial charge in [-0.2, -0.15) is 0 Å². The number of amides is 1. The third kappa shape index (κ3) is 5.49. The number of ether oxygens (including phenoxy) is 2. The molecule has 0 bridgehead atoms. The van der Waals surface area contributed by atoms with Crippen molar-refractivity contribution in [3.8, 4) is 5.75 Å². The van der Waals surface area contributed by atoms with E-state index >= 15 is 0 Å². The van der Waals surface area contributed by atoms with Crippen molar-refractivity contribution >= 4 is 33.2 Å². The van der Waals surface area contributed by atoms with Crippen molar-refractivity contribution in [3.63, 3.8) is 0 Å². The molecule has 0 N–H and O–H groups in total. The van der Waals surface area contributed by atoms with Crippen molar-refractivity contribution in [2.24, 2.45) is 5.41 Å². The predicted molar refractivity (Wildman–Crippen MR) is 138 cm³/mol. The lowest BCUT2D eigenvalue weighted by molar-refractivity contribution is -0.125. The Kier molecular flexibility index (Phi) is 8.19. The average Bonchev–Trinajstić information content (AvgIpc) is 2.80. The number of pyridine rings is 1. The lowest BCUT2D eigenvalue weighted by Gasteiger charge is -2.37. The molecule has 192 valence electrons. The molecule has 0 unspecified atom stereocenters. The molecule has 1 aromatic heterocycles. The highest BCUT2D eigenvalue weighted by atomic mass is 35.5. The molecular formula is C26H35ClN2O5S. The van der Waals surface area contributed by atoms with Crippen LogP contribution in [0.4, 0.5) is 5.82 Å². The van der Waals surface area contributed by atoms with E-state index in [4.69, 9.17) is 21.1 Å². The number of benzene rings is 1. The Labute approximate surface area is 213 Å². The quantitative estimate of drug-likeness (QED) is 0.484. The maximum Gasteiger partial charge on any atom is 0.233 e. The normalized spacial score (nSPS) is 16.2. The third-order valence-electron chi connectivity index (χ3n) is 6.12. The number of aromatic nitrogens is 1. The van der Waals surface area contributed by atoms with Gasteiger partial charge in [-0.1, -0.05) is 32.4 Å². The maximum absolute atomic E-state index is 14.0. The number of hydrogen-bond acceptors (Lipinski definition) is 6. The van der Waals surface area contributed by atoms with Crippen molar-refractivity contribution < 1.29 is 22.7 Å². The van der Waals surface area contributed by atoms with E-state index in [1.807, 2.05) is 41.5 Å². The minimum absolute atomic E-state index is 0.0941. The second-order valence-corrected chi connectivity index (χ2v) is 12.8. The number of sulfone groups is 1. The summed E-state index contributed by atoms with van der Waals surface area (Å²) in [6.45, 7) is 12.2. The van der Waals surface area contributed by atoms with E-state index in [9.17, 15) is 13.2 Å². The monoisotopic (exact) mass is 522 g/mol. The van der Waals surface area contributed by atoms with Crippen LogP contribution in [0.5, 0.6) is 5.75 Å². The summed E-state index contributed by atoms with van der Waals surface area (Å²) in [4.78, 5) is 19.6. The molecule has 2 heterocycles. The van der Waals surface area contributed by atoms with E-state index in [0.717, 1.165) is 0 Å². The smallest absolute Gasteiger partial charge is 0.233 e. The molecule has 0 saturated carbocycles. The van der Waals surface area contributed by atoms with Crippen LogP contribution in [0.1, 0.15) is 59.9 Å². The van der Waals surface area contributed by atoms with Crippen LogP contribution >= 0.6 is 11.6 Å². The van der Waals surface area contributed by atoms with Gasteiger partial charge in [-0.05, 0) is 69.5 Å². The van der Waals surface area contributed by atoms with Crippen LogP contribution in [0.25, 0.3) is 0 Å². The molecule has 1 aromatic carbocycles. The number of halogens is 1. The standard InChI is InChI=1S/C26H35ClN2O5S/c1-7-29(24(30)25(4,5)6)23-22(34-18(2)3)16-19(17-28-23)26(12-14-33-15-13-26)35(31,32)21-10-8-20(27)9-11-21/h8-11,16-18H,7,12-15H2,1-6H3. The van der Waals surface area contributed by atoms with E-state index < -0.39 is 20.0 Å². The lowest BCUT2D eigenvalue weighted by atomic mass is 9.91. The van der Waals surface area contributed by atoms with E-state index in [1.165, 1.54) is 12.1 Å². The molecule has 9 heteroatoms. The number of nitrogens with zero attached hydrogens (tertiary/aromatic N) is 2. The molecule has 0 atom stereocenters. The molecule has 3 rings (SSSR count). The summed E-state index contributed by atoms with van der Waals surface area (Å²) in [5.41, 5.74) is -0.0971. The van der Waals surface area contributed by atoms with Gasteiger partial charge >= 0.3 is 0 Å². The Morgan fingerprint density at radius 2 is 1.80 bits per heavy atom.